The van der Waals surface area contributed by atoms with Gasteiger partial charge in [0.25, 0.3) is 0 Å². The van der Waals surface area contributed by atoms with Gasteiger partial charge in [-0.05, 0) is 24.5 Å². The Hall–Kier alpha value is -2.19. The van der Waals surface area contributed by atoms with E-state index in [0.717, 1.165) is 34.5 Å². The zero-order valence-corrected chi connectivity index (χ0v) is 15.3. The molecule has 2 aromatic heterocycles. The molecule has 0 saturated carbocycles. The summed E-state index contributed by atoms with van der Waals surface area (Å²) in [4.78, 5) is 12.1. The second-order valence-corrected chi connectivity index (χ2v) is 7.09. The van der Waals surface area contributed by atoms with E-state index in [2.05, 4.69) is 21.8 Å². The number of benzene rings is 1. The van der Waals surface area contributed by atoms with Gasteiger partial charge in [-0.25, -0.2) is 0 Å². The Morgan fingerprint density at radius 2 is 2.08 bits per heavy atom. The zero-order valence-electron chi connectivity index (χ0n) is 13.7. The Kier molecular flexibility index (Phi) is 6.19. The molecule has 1 aromatic carbocycles. The highest BCUT2D eigenvalue weighted by Crippen LogP contribution is 2.24. The van der Waals surface area contributed by atoms with Crippen molar-refractivity contribution in [1.82, 2.24) is 14.8 Å². The van der Waals surface area contributed by atoms with Gasteiger partial charge in [-0.15, -0.1) is 10.2 Å². The first kappa shape index (κ1) is 17.6. The summed E-state index contributed by atoms with van der Waals surface area (Å²) < 4.78 is 7.17. The smallest absolute Gasteiger partial charge is 0.234 e. The Morgan fingerprint density at radius 1 is 1.24 bits per heavy atom. The van der Waals surface area contributed by atoms with Gasteiger partial charge in [0, 0.05) is 18.0 Å². The summed E-state index contributed by atoms with van der Waals surface area (Å²) in [6.07, 6.45) is 5.32. The molecule has 3 rings (SSSR count). The summed E-state index contributed by atoms with van der Waals surface area (Å²) in [5.74, 6) is 1.90. The lowest BCUT2D eigenvalue weighted by atomic mass is 10.3. The number of amides is 1. The lowest BCUT2D eigenvalue weighted by molar-refractivity contribution is -0.113. The minimum Gasteiger partial charge on any atom is -0.472 e. The summed E-state index contributed by atoms with van der Waals surface area (Å²) in [5, 5.41) is 12.1. The van der Waals surface area contributed by atoms with Crippen LogP contribution in [-0.4, -0.2) is 38.4 Å². The highest BCUT2D eigenvalue weighted by Gasteiger charge is 2.16. The first-order chi connectivity index (χ1) is 12.3. The molecule has 25 heavy (non-hydrogen) atoms. The van der Waals surface area contributed by atoms with Crippen molar-refractivity contribution in [3.63, 3.8) is 0 Å². The number of carbonyl (C=O) groups is 1. The van der Waals surface area contributed by atoms with Gasteiger partial charge in [-0.3, -0.25) is 4.79 Å². The average molecular weight is 374 g/mol. The molecule has 0 bridgehead atoms. The van der Waals surface area contributed by atoms with Crippen molar-refractivity contribution in [2.24, 2.45) is 0 Å². The van der Waals surface area contributed by atoms with E-state index in [9.17, 15) is 4.79 Å². The molecule has 0 atom stereocenters. The van der Waals surface area contributed by atoms with Crippen LogP contribution in [-0.2, 0) is 11.3 Å². The van der Waals surface area contributed by atoms with Crippen LogP contribution in [0.4, 0.5) is 5.69 Å². The SMILES string of the molecule is CSCCn1c(SCC(=O)Nc2ccccc2)nnc1-c1ccoc1. The van der Waals surface area contributed by atoms with Gasteiger partial charge in [-0.2, -0.15) is 11.8 Å². The van der Waals surface area contributed by atoms with Crippen LogP contribution in [0.3, 0.4) is 0 Å². The fourth-order valence-corrected chi connectivity index (χ4v) is 3.36. The maximum Gasteiger partial charge on any atom is 0.234 e. The van der Waals surface area contributed by atoms with Gasteiger partial charge in [0.15, 0.2) is 11.0 Å². The van der Waals surface area contributed by atoms with E-state index in [-0.39, 0.29) is 11.7 Å². The molecule has 0 spiro atoms. The van der Waals surface area contributed by atoms with Crippen LogP contribution < -0.4 is 5.32 Å². The predicted octanol–water partition coefficient (Wildman–Crippen LogP) is 3.63. The monoisotopic (exact) mass is 374 g/mol. The fraction of sp³-hybridized carbons (Fsp3) is 0.235. The van der Waals surface area contributed by atoms with E-state index in [0.29, 0.717) is 0 Å². The minimum absolute atomic E-state index is 0.0690. The largest absolute Gasteiger partial charge is 0.472 e. The lowest BCUT2D eigenvalue weighted by Gasteiger charge is -2.08. The van der Waals surface area contributed by atoms with Crippen LogP contribution in [0.1, 0.15) is 0 Å². The average Bonchev–Trinajstić information content (AvgIpc) is 3.28. The number of aromatic nitrogens is 3. The van der Waals surface area contributed by atoms with E-state index in [1.165, 1.54) is 11.8 Å². The molecule has 0 aliphatic rings. The second-order valence-electron chi connectivity index (χ2n) is 5.17. The molecular weight excluding hydrogens is 356 g/mol. The van der Waals surface area contributed by atoms with Crippen LogP contribution in [0.2, 0.25) is 0 Å². The first-order valence-electron chi connectivity index (χ1n) is 7.70. The standard InChI is InChI=1S/C17H18N4O2S2/c1-24-10-8-21-16(13-7-9-23-11-13)19-20-17(21)25-12-15(22)18-14-5-3-2-4-6-14/h2-7,9,11H,8,10,12H2,1H3,(H,18,22). The third-order valence-electron chi connectivity index (χ3n) is 3.41. The Balaban J connectivity index is 1.68. The number of nitrogens with zero attached hydrogens (tertiary/aromatic N) is 3. The van der Waals surface area contributed by atoms with Crippen molar-refractivity contribution < 1.29 is 9.21 Å². The summed E-state index contributed by atoms with van der Waals surface area (Å²) in [6.45, 7) is 0.775. The van der Waals surface area contributed by atoms with Crippen molar-refractivity contribution in [1.29, 1.82) is 0 Å². The number of nitrogens with one attached hydrogen (secondary N) is 1. The number of furan rings is 1. The molecule has 2 heterocycles. The van der Waals surface area contributed by atoms with Crippen molar-refractivity contribution in [2.45, 2.75) is 11.7 Å². The van der Waals surface area contributed by atoms with Crippen LogP contribution >= 0.6 is 23.5 Å². The molecule has 3 aromatic rings. The molecule has 1 amide bonds. The Labute approximate surface area is 154 Å². The van der Waals surface area contributed by atoms with Gasteiger partial charge >= 0.3 is 0 Å². The molecule has 0 aliphatic carbocycles. The predicted molar refractivity (Wildman–Crippen MR) is 102 cm³/mol. The number of hydrogen-bond acceptors (Lipinski definition) is 6. The molecule has 0 fully saturated rings. The fourth-order valence-electron chi connectivity index (χ4n) is 2.23. The van der Waals surface area contributed by atoms with E-state index in [4.69, 9.17) is 4.42 Å². The van der Waals surface area contributed by atoms with Crippen LogP contribution in [0.5, 0.6) is 0 Å². The molecule has 6 nitrogen and oxygen atoms in total. The van der Waals surface area contributed by atoms with E-state index in [1.807, 2.05) is 41.0 Å². The number of rotatable bonds is 8. The summed E-state index contributed by atoms with van der Waals surface area (Å²) in [7, 11) is 0. The van der Waals surface area contributed by atoms with Crippen LogP contribution in [0, 0.1) is 0 Å². The highest BCUT2D eigenvalue weighted by molar-refractivity contribution is 7.99. The number of hydrogen-bond donors (Lipinski definition) is 1. The topological polar surface area (TPSA) is 73.0 Å². The quantitative estimate of drug-likeness (QED) is 0.607. The van der Waals surface area contributed by atoms with Crippen molar-refractivity contribution in [3.05, 3.63) is 48.9 Å². The number of para-hydroxylation sites is 1. The van der Waals surface area contributed by atoms with Gasteiger partial charge in [0.2, 0.25) is 5.91 Å². The Morgan fingerprint density at radius 3 is 2.80 bits per heavy atom. The number of thioether (sulfide) groups is 2. The van der Waals surface area contributed by atoms with E-state index < -0.39 is 0 Å². The maximum absolute atomic E-state index is 12.1. The molecule has 0 unspecified atom stereocenters. The van der Waals surface area contributed by atoms with Crippen molar-refractivity contribution in [2.75, 3.05) is 23.1 Å². The minimum atomic E-state index is -0.0690. The molecular formula is C17H18N4O2S2. The molecule has 0 saturated heterocycles. The molecule has 1 N–H and O–H groups in total. The highest BCUT2D eigenvalue weighted by atomic mass is 32.2. The van der Waals surface area contributed by atoms with Crippen LogP contribution in [0.15, 0.2) is 58.5 Å². The zero-order chi connectivity index (χ0) is 17.5. The van der Waals surface area contributed by atoms with Gasteiger partial charge in [0.05, 0.1) is 17.6 Å². The third kappa shape index (κ3) is 4.67. The first-order valence-corrected chi connectivity index (χ1v) is 10.1. The van der Waals surface area contributed by atoms with E-state index >= 15 is 0 Å². The maximum atomic E-state index is 12.1. The molecule has 0 radical (unpaired) electrons. The summed E-state index contributed by atoms with van der Waals surface area (Å²) >= 11 is 3.13. The second kappa shape index (κ2) is 8.77. The third-order valence-corrected chi connectivity index (χ3v) is 4.96. The van der Waals surface area contributed by atoms with Gasteiger partial charge in [0.1, 0.15) is 6.26 Å². The van der Waals surface area contributed by atoms with Crippen molar-refractivity contribution >= 4 is 35.1 Å². The molecule has 130 valence electrons. The van der Waals surface area contributed by atoms with E-state index in [1.54, 1.807) is 24.3 Å². The van der Waals surface area contributed by atoms with Crippen LogP contribution in [0.25, 0.3) is 11.4 Å². The number of anilines is 1. The Bertz CT molecular complexity index is 803. The van der Waals surface area contributed by atoms with Crippen molar-refractivity contribution in [3.8, 4) is 11.4 Å². The molecule has 8 heteroatoms. The summed E-state index contributed by atoms with van der Waals surface area (Å²) in [5.41, 5.74) is 1.67. The lowest BCUT2D eigenvalue weighted by Crippen LogP contribution is -2.14. The molecule has 0 aliphatic heterocycles. The summed E-state index contributed by atoms with van der Waals surface area (Å²) in [6, 6.07) is 11.3. The normalized spacial score (nSPS) is 10.8. The van der Waals surface area contributed by atoms with Gasteiger partial charge < -0.3 is 14.3 Å². The number of carbonyl (C=O) groups excluding carboxylic acids is 1. The van der Waals surface area contributed by atoms with Gasteiger partial charge in [-0.1, -0.05) is 30.0 Å².